The molecular weight excluding hydrogens is 360 g/mol. The lowest BCUT2D eigenvalue weighted by Crippen LogP contribution is -2.39. The van der Waals surface area contributed by atoms with E-state index in [1.165, 1.54) is 32.1 Å². The van der Waals surface area contributed by atoms with Crippen molar-refractivity contribution in [3.8, 4) is 0 Å². The molecule has 2 N–H and O–H groups in total. The van der Waals surface area contributed by atoms with E-state index in [1.807, 2.05) is 6.07 Å². The van der Waals surface area contributed by atoms with Crippen LogP contribution in [0.4, 0.5) is 0 Å². The van der Waals surface area contributed by atoms with Gasteiger partial charge < -0.3 is 10.2 Å². The van der Waals surface area contributed by atoms with Gasteiger partial charge in [-0.05, 0) is 57.8 Å². The highest BCUT2D eigenvalue weighted by Crippen LogP contribution is 2.34. The van der Waals surface area contributed by atoms with Crippen molar-refractivity contribution in [3.05, 3.63) is 21.0 Å². The van der Waals surface area contributed by atoms with Crippen molar-refractivity contribution in [2.45, 2.75) is 44.2 Å². The van der Waals surface area contributed by atoms with Crippen molar-refractivity contribution >= 4 is 31.9 Å². The van der Waals surface area contributed by atoms with E-state index in [0.717, 1.165) is 14.9 Å². The molecule has 1 aromatic heterocycles. The molecule has 1 aliphatic carbocycles. The lowest BCUT2D eigenvalue weighted by molar-refractivity contribution is 0.126. The minimum atomic E-state index is 0.163. The summed E-state index contributed by atoms with van der Waals surface area (Å²) in [5.41, 5.74) is 5.94. The summed E-state index contributed by atoms with van der Waals surface area (Å²) < 4.78 is 7.42. The molecular formula is C13H20Br2N2O. The van der Waals surface area contributed by atoms with Crippen LogP contribution < -0.4 is 5.73 Å². The number of furan rings is 1. The molecule has 1 aliphatic rings. The topological polar surface area (TPSA) is 42.4 Å². The first-order valence-corrected chi connectivity index (χ1v) is 8.08. The number of rotatable bonds is 4. The summed E-state index contributed by atoms with van der Waals surface area (Å²) in [4.78, 5) is 2.39. The van der Waals surface area contributed by atoms with E-state index >= 15 is 0 Å². The molecule has 1 atom stereocenters. The van der Waals surface area contributed by atoms with Gasteiger partial charge in [0.15, 0.2) is 4.67 Å². The van der Waals surface area contributed by atoms with Crippen molar-refractivity contribution < 1.29 is 4.42 Å². The number of hydrogen-bond donors (Lipinski definition) is 1. The summed E-state index contributed by atoms with van der Waals surface area (Å²) in [5, 5.41) is 0. The van der Waals surface area contributed by atoms with Gasteiger partial charge in [0.1, 0.15) is 5.76 Å². The molecule has 18 heavy (non-hydrogen) atoms. The molecule has 0 spiro atoms. The molecule has 102 valence electrons. The van der Waals surface area contributed by atoms with E-state index in [1.54, 1.807) is 0 Å². The van der Waals surface area contributed by atoms with Crippen LogP contribution in [0.2, 0.25) is 0 Å². The minimum Gasteiger partial charge on any atom is -0.451 e. The largest absolute Gasteiger partial charge is 0.451 e. The van der Waals surface area contributed by atoms with Crippen LogP contribution in [-0.4, -0.2) is 24.5 Å². The number of likely N-dealkylation sites (N-methyl/N-ethyl adjacent to an activating group) is 1. The van der Waals surface area contributed by atoms with Crippen LogP contribution in [0.1, 0.15) is 43.9 Å². The fraction of sp³-hybridized carbons (Fsp3) is 0.692. The fourth-order valence-corrected chi connectivity index (χ4v) is 3.36. The van der Waals surface area contributed by atoms with Crippen LogP contribution in [0.15, 0.2) is 19.6 Å². The van der Waals surface area contributed by atoms with E-state index < -0.39 is 0 Å². The van der Waals surface area contributed by atoms with Gasteiger partial charge in [0.2, 0.25) is 0 Å². The summed E-state index contributed by atoms with van der Waals surface area (Å²) in [6.07, 6.45) is 6.58. The van der Waals surface area contributed by atoms with E-state index in [-0.39, 0.29) is 6.04 Å². The van der Waals surface area contributed by atoms with Gasteiger partial charge in [-0.1, -0.05) is 19.3 Å². The second kappa shape index (κ2) is 6.55. The van der Waals surface area contributed by atoms with Crippen molar-refractivity contribution in [1.82, 2.24) is 4.90 Å². The first-order chi connectivity index (χ1) is 8.63. The quantitative estimate of drug-likeness (QED) is 0.857. The summed E-state index contributed by atoms with van der Waals surface area (Å²) in [6, 6.07) is 2.81. The number of nitrogens with zero attached hydrogens (tertiary/aromatic N) is 1. The van der Waals surface area contributed by atoms with Gasteiger partial charge in [-0.2, -0.15) is 0 Å². The molecule has 0 saturated heterocycles. The van der Waals surface area contributed by atoms with Crippen LogP contribution in [0.25, 0.3) is 0 Å². The Hall–Kier alpha value is 0.160. The Morgan fingerprint density at radius 2 is 2.06 bits per heavy atom. The average Bonchev–Trinajstić information content (AvgIpc) is 2.71. The predicted molar refractivity (Wildman–Crippen MR) is 80.5 cm³/mol. The molecule has 1 unspecified atom stereocenters. The smallest absolute Gasteiger partial charge is 0.183 e. The lowest BCUT2D eigenvalue weighted by atomic mass is 9.93. The van der Waals surface area contributed by atoms with Gasteiger partial charge >= 0.3 is 0 Å². The summed E-state index contributed by atoms with van der Waals surface area (Å²) in [6.45, 7) is 0.583. The predicted octanol–water partition coefficient (Wildman–Crippen LogP) is 4.07. The lowest BCUT2D eigenvalue weighted by Gasteiger charge is -2.35. The van der Waals surface area contributed by atoms with Crippen molar-refractivity contribution in [2.24, 2.45) is 5.73 Å². The van der Waals surface area contributed by atoms with Crippen molar-refractivity contribution in [2.75, 3.05) is 13.6 Å². The molecule has 0 radical (unpaired) electrons. The van der Waals surface area contributed by atoms with Gasteiger partial charge in [-0.15, -0.1) is 0 Å². The monoisotopic (exact) mass is 378 g/mol. The Balaban J connectivity index is 2.11. The third-order valence-electron chi connectivity index (χ3n) is 3.86. The van der Waals surface area contributed by atoms with Gasteiger partial charge in [0.25, 0.3) is 0 Å². The standard InChI is InChI=1S/C13H20Br2N2O/c1-17(9-5-3-2-4-6-9)11(8-16)12-7-10(14)13(15)18-12/h7,9,11H,2-6,8,16H2,1H3. The maximum Gasteiger partial charge on any atom is 0.183 e. The molecule has 3 nitrogen and oxygen atoms in total. The zero-order chi connectivity index (χ0) is 13.1. The van der Waals surface area contributed by atoms with Gasteiger partial charge in [-0.25, -0.2) is 0 Å². The second-order valence-electron chi connectivity index (χ2n) is 4.98. The molecule has 0 aromatic carbocycles. The molecule has 2 rings (SSSR count). The highest BCUT2D eigenvalue weighted by molar-refractivity contribution is 9.13. The zero-order valence-corrected chi connectivity index (χ0v) is 13.8. The Kier molecular flexibility index (Phi) is 5.30. The molecule has 1 saturated carbocycles. The van der Waals surface area contributed by atoms with Gasteiger partial charge in [-0.3, -0.25) is 4.90 Å². The summed E-state index contributed by atoms with van der Waals surface area (Å²) in [5.74, 6) is 0.935. The SMILES string of the molecule is CN(C1CCCCC1)C(CN)c1cc(Br)c(Br)o1. The number of nitrogens with two attached hydrogens (primary N) is 1. The molecule has 1 fully saturated rings. The van der Waals surface area contributed by atoms with Crippen LogP contribution in [-0.2, 0) is 0 Å². The summed E-state index contributed by atoms with van der Waals surface area (Å²) in [7, 11) is 2.16. The highest BCUT2D eigenvalue weighted by Gasteiger charge is 2.27. The van der Waals surface area contributed by atoms with E-state index in [9.17, 15) is 0 Å². The molecule has 5 heteroatoms. The van der Waals surface area contributed by atoms with E-state index in [4.69, 9.17) is 10.2 Å². The molecule has 1 aromatic rings. The Labute approximate surface area is 125 Å². The van der Waals surface area contributed by atoms with Crippen LogP contribution in [0, 0.1) is 0 Å². The average molecular weight is 380 g/mol. The Morgan fingerprint density at radius 1 is 1.39 bits per heavy atom. The highest BCUT2D eigenvalue weighted by atomic mass is 79.9. The maximum absolute atomic E-state index is 5.94. The Morgan fingerprint density at radius 3 is 2.56 bits per heavy atom. The molecule has 1 heterocycles. The molecule has 0 aliphatic heterocycles. The van der Waals surface area contributed by atoms with Gasteiger partial charge in [0.05, 0.1) is 10.5 Å². The van der Waals surface area contributed by atoms with Crippen LogP contribution in [0.5, 0.6) is 0 Å². The van der Waals surface area contributed by atoms with Crippen molar-refractivity contribution in [3.63, 3.8) is 0 Å². The molecule has 0 amide bonds. The Bertz CT molecular complexity index is 369. The first-order valence-electron chi connectivity index (χ1n) is 6.50. The third kappa shape index (κ3) is 3.18. The van der Waals surface area contributed by atoms with Crippen molar-refractivity contribution in [1.29, 1.82) is 0 Å². The number of hydrogen-bond acceptors (Lipinski definition) is 3. The second-order valence-corrected chi connectivity index (χ2v) is 6.55. The van der Waals surface area contributed by atoms with Gasteiger partial charge in [0, 0.05) is 12.6 Å². The number of halogens is 2. The molecule has 0 bridgehead atoms. The van der Waals surface area contributed by atoms with E-state index in [2.05, 4.69) is 43.8 Å². The fourth-order valence-electron chi connectivity index (χ4n) is 2.75. The zero-order valence-electron chi connectivity index (χ0n) is 10.7. The third-order valence-corrected chi connectivity index (χ3v) is 5.57. The first kappa shape index (κ1) is 14.6. The normalized spacial score (nSPS) is 19.4. The van der Waals surface area contributed by atoms with Crippen LogP contribution >= 0.6 is 31.9 Å². The van der Waals surface area contributed by atoms with Crippen LogP contribution in [0.3, 0.4) is 0 Å². The maximum atomic E-state index is 5.94. The minimum absolute atomic E-state index is 0.163. The van der Waals surface area contributed by atoms with E-state index in [0.29, 0.717) is 12.6 Å². The summed E-state index contributed by atoms with van der Waals surface area (Å²) >= 11 is 6.84.